The van der Waals surface area contributed by atoms with Gasteiger partial charge in [0.2, 0.25) is 0 Å². The van der Waals surface area contributed by atoms with Crippen molar-refractivity contribution in [2.45, 2.75) is 45.1 Å². The molecule has 144 valence electrons. The highest BCUT2D eigenvalue weighted by molar-refractivity contribution is 6.69. The van der Waals surface area contributed by atoms with E-state index in [2.05, 4.69) is 4.99 Å². The maximum absolute atomic E-state index is 12.7. The molecule has 2 aliphatic rings. The molecule has 0 spiro atoms. The van der Waals surface area contributed by atoms with Crippen molar-refractivity contribution in [3.63, 3.8) is 0 Å². The van der Waals surface area contributed by atoms with Crippen molar-refractivity contribution >= 4 is 34.6 Å². The quantitative estimate of drug-likeness (QED) is 0.750. The Morgan fingerprint density at radius 2 is 1.93 bits per heavy atom. The Morgan fingerprint density at radius 3 is 2.59 bits per heavy atom. The highest BCUT2D eigenvalue weighted by Gasteiger charge is 2.39. The van der Waals surface area contributed by atoms with Gasteiger partial charge in [-0.15, -0.1) is 0 Å². The van der Waals surface area contributed by atoms with E-state index >= 15 is 0 Å². The monoisotopic (exact) mass is 388 g/mol. The first-order valence-electron chi connectivity index (χ1n) is 9.50. The molecule has 0 amide bonds. The third-order valence-electron chi connectivity index (χ3n) is 5.30. The number of aliphatic imine (C=N–C) groups is 1. The first-order chi connectivity index (χ1) is 12.9. The van der Waals surface area contributed by atoms with E-state index in [0.717, 1.165) is 38.0 Å². The molecule has 1 N–H and O–H groups in total. The number of hydrogen-bond donors (Lipinski definition) is 1. The molecule has 1 aliphatic carbocycles. The zero-order valence-electron chi connectivity index (χ0n) is 15.5. The van der Waals surface area contributed by atoms with Crippen LogP contribution in [0.15, 0.2) is 29.3 Å². The van der Waals surface area contributed by atoms with Gasteiger partial charge >= 0.3 is 0 Å². The average Bonchev–Trinajstić information content (AvgIpc) is 2.90. The van der Waals surface area contributed by atoms with E-state index in [4.69, 9.17) is 21.7 Å². The van der Waals surface area contributed by atoms with Gasteiger partial charge in [0.15, 0.2) is 11.6 Å². The smallest absolute Gasteiger partial charge is 0.187 e. The van der Waals surface area contributed by atoms with Crippen LogP contribution in [-0.2, 0) is 14.3 Å². The molecule has 5 nitrogen and oxygen atoms in total. The van der Waals surface area contributed by atoms with Crippen LogP contribution in [0.3, 0.4) is 0 Å². The zero-order valence-corrected chi connectivity index (χ0v) is 16.3. The van der Waals surface area contributed by atoms with E-state index in [1.165, 1.54) is 0 Å². The van der Waals surface area contributed by atoms with E-state index in [1.807, 2.05) is 6.92 Å². The van der Waals surface area contributed by atoms with Gasteiger partial charge in [0.25, 0.3) is 0 Å². The first-order valence-corrected chi connectivity index (χ1v) is 9.88. The Labute approximate surface area is 164 Å². The summed E-state index contributed by atoms with van der Waals surface area (Å²) in [4.78, 5) is 29.4. The molecule has 1 aromatic carbocycles. The molecular formula is C21H25ClN2O3. The Morgan fingerprint density at radius 1 is 1.26 bits per heavy atom. The number of ether oxygens (including phenoxy) is 1. The van der Waals surface area contributed by atoms with Crippen LogP contribution in [-0.4, -0.2) is 42.2 Å². The summed E-state index contributed by atoms with van der Waals surface area (Å²) in [5.41, 5.74) is 1.29. The molecule has 1 aromatic rings. The summed E-state index contributed by atoms with van der Waals surface area (Å²) in [6, 6.07) is 6.78. The minimum atomic E-state index is -0.294. The summed E-state index contributed by atoms with van der Waals surface area (Å²) in [7, 11) is 0. The highest BCUT2D eigenvalue weighted by atomic mass is 35.5. The molecule has 1 saturated heterocycles. The Balaban J connectivity index is 1.61. The fraction of sp³-hybridized carbons (Fsp3) is 0.524. The third kappa shape index (κ3) is 5.11. The molecule has 0 aromatic heterocycles. The summed E-state index contributed by atoms with van der Waals surface area (Å²) >= 11 is 5.88. The predicted molar refractivity (Wildman–Crippen MR) is 106 cm³/mol. The number of ketones is 2. The Hall–Kier alpha value is -1.85. The Kier molecular flexibility index (Phi) is 6.55. The second-order valence-corrected chi connectivity index (χ2v) is 7.93. The minimum Gasteiger partial charge on any atom is -0.381 e. The molecule has 0 bridgehead atoms. The van der Waals surface area contributed by atoms with Gasteiger partial charge in [-0.05, 0) is 49.8 Å². The largest absolute Gasteiger partial charge is 0.381 e. The van der Waals surface area contributed by atoms with Crippen LogP contribution in [0, 0.1) is 17.2 Å². The fourth-order valence-corrected chi connectivity index (χ4v) is 3.91. The van der Waals surface area contributed by atoms with Crippen LogP contribution in [0.25, 0.3) is 0 Å². The maximum atomic E-state index is 12.7. The van der Waals surface area contributed by atoms with E-state index in [0.29, 0.717) is 23.1 Å². The summed E-state index contributed by atoms with van der Waals surface area (Å²) in [6.45, 7) is 3.32. The van der Waals surface area contributed by atoms with Crippen LogP contribution >= 0.6 is 11.6 Å². The lowest BCUT2D eigenvalue weighted by molar-refractivity contribution is -0.116. The van der Waals surface area contributed by atoms with Gasteiger partial charge in [-0.2, -0.15) is 0 Å². The number of Topliss-reactive ketones (excluding diaryl/α,β-unsaturated/α-hetero) is 2. The van der Waals surface area contributed by atoms with Crippen molar-refractivity contribution in [1.82, 2.24) is 0 Å². The predicted octanol–water partition coefficient (Wildman–Crippen LogP) is 3.90. The van der Waals surface area contributed by atoms with E-state index in [-0.39, 0.29) is 35.7 Å². The number of nitrogens with zero attached hydrogens (tertiary/aromatic N) is 1. The van der Waals surface area contributed by atoms with Gasteiger partial charge < -0.3 is 10.1 Å². The SMILES string of the molecule is CC(CC(=N)c1ccc(Cl)cc1)N=C1C(=O)CC(CC2CCOCC2)C1=O. The summed E-state index contributed by atoms with van der Waals surface area (Å²) in [5, 5.41) is 8.84. The lowest BCUT2D eigenvalue weighted by Crippen LogP contribution is -2.23. The highest BCUT2D eigenvalue weighted by Crippen LogP contribution is 2.29. The molecule has 1 aliphatic heterocycles. The molecule has 1 saturated carbocycles. The average molecular weight is 389 g/mol. The molecule has 2 atom stereocenters. The van der Waals surface area contributed by atoms with Gasteiger partial charge in [-0.3, -0.25) is 14.6 Å². The van der Waals surface area contributed by atoms with Crippen molar-refractivity contribution < 1.29 is 14.3 Å². The number of rotatable bonds is 6. The maximum Gasteiger partial charge on any atom is 0.187 e. The van der Waals surface area contributed by atoms with Crippen LogP contribution in [0.2, 0.25) is 5.02 Å². The first kappa shape index (κ1) is 19.9. The molecule has 6 heteroatoms. The number of carbonyl (C=O) groups excluding carboxylic acids is 2. The van der Waals surface area contributed by atoms with Gasteiger partial charge in [0.05, 0.1) is 6.04 Å². The number of hydrogen-bond acceptors (Lipinski definition) is 5. The van der Waals surface area contributed by atoms with Crippen molar-refractivity contribution in [2.75, 3.05) is 13.2 Å². The number of nitrogens with one attached hydrogen (secondary N) is 1. The van der Waals surface area contributed by atoms with Crippen LogP contribution in [0.4, 0.5) is 0 Å². The van der Waals surface area contributed by atoms with Crippen molar-refractivity contribution in [1.29, 1.82) is 5.41 Å². The normalized spacial score (nSPS) is 23.8. The van der Waals surface area contributed by atoms with Gasteiger partial charge in [0.1, 0.15) is 5.71 Å². The molecule has 27 heavy (non-hydrogen) atoms. The molecule has 2 fully saturated rings. The molecule has 2 unspecified atom stereocenters. The van der Waals surface area contributed by atoms with Crippen LogP contribution in [0.5, 0.6) is 0 Å². The number of carbonyl (C=O) groups is 2. The summed E-state index contributed by atoms with van der Waals surface area (Å²) in [6.07, 6.45) is 3.31. The van der Waals surface area contributed by atoms with Crippen LogP contribution in [0.1, 0.15) is 44.6 Å². The third-order valence-corrected chi connectivity index (χ3v) is 5.55. The summed E-state index contributed by atoms with van der Waals surface area (Å²) < 4.78 is 5.36. The van der Waals surface area contributed by atoms with Crippen molar-refractivity contribution in [3.8, 4) is 0 Å². The second kappa shape index (κ2) is 8.89. The second-order valence-electron chi connectivity index (χ2n) is 7.50. The van der Waals surface area contributed by atoms with E-state index in [1.54, 1.807) is 24.3 Å². The molecule has 0 radical (unpaired) electrons. The topological polar surface area (TPSA) is 79.6 Å². The summed E-state index contributed by atoms with van der Waals surface area (Å²) in [5.74, 6) is -0.0454. The van der Waals surface area contributed by atoms with Crippen molar-refractivity contribution in [3.05, 3.63) is 34.9 Å². The fourth-order valence-electron chi connectivity index (χ4n) is 3.78. The van der Waals surface area contributed by atoms with Gasteiger partial charge in [-0.25, -0.2) is 0 Å². The van der Waals surface area contributed by atoms with E-state index in [9.17, 15) is 9.59 Å². The standard InChI is InChI=1S/C21H25ClN2O3/c1-13(10-18(23)15-2-4-17(22)5-3-15)24-20-19(25)12-16(21(20)26)11-14-6-8-27-9-7-14/h2-5,13-14,16,23H,6-12H2,1H3. The van der Waals surface area contributed by atoms with Crippen LogP contribution < -0.4 is 0 Å². The number of halogens is 1. The van der Waals surface area contributed by atoms with E-state index < -0.39 is 0 Å². The minimum absolute atomic E-state index is 0.100. The lowest BCUT2D eigenvalue weighted by atomic mass is 9.87. The lowest BCUT2D eigenvalue weighted by Gasteiger charge is -2.23. The zero-order chi connectivity index (χ0) is 19.4. The van der Waals surface area contributed by atoms with Gasteiger partial charge in [0, 0.05) is 42.7 Å². The number of benzene rings is 1. The Bertz CT molecular complexity index is 751. The van der Waals surface area contributed by atoms with Gasteiger partial charge in [-0.1, -0.05) is 23.7 Å². The molecular weight excluding hydrogens is 364 g/mol. The molecule has 1 heterocycles. The molecule has 3 rings (SSSR count). The van der Waals surface area contributed by atoms with Crippen molar-refractivity contribution in [2.24, 2.45) is 16.8 Å².